The molecule has 0 fully saturated rings. The van der Waals surface area contributed by atoms with Crippen molar-refractivity contribution in [2.45, 2.75) is 0 Å². The normalized spacial score (nSPS) is 12.3. The van der Waals surface area contributed by atoms with E-state index in [2.05, 4.69) is 18.4 Å². The first-order valence-electron chi connectivity index (χ1n) is 1.35. The van der Waals surface area contributed by atoms with Crippen LogP contribution in [0.5, 0.6) is 0 Å². The molecule has 1 unspecified atom stereocenters. The lowest BCUT2D eigenvalue weighted by molar-refractivity contribution is -0.00000101. The van der Waals surface area contributed by atoms with Crippen LogP contribution in [0.1, 0.15) is 0 Å². The molecule has 0 aromatic carbocycles. The minimum absolute atomic E-state index is 0. The first-order valence-corrected chi connectivity index (χ1v) is 5.16. The Hall–Kier alpha value is 1.30. The summed E-state index contributed by atoms with van der Waals surface area (Å²) in [5, 5.41) is 0. The van der Waals surface area contributed by atoms with Gasteiger partial charge in [0.1, 0.15) is 0 Å². The van der Waals surface area contributed by atoms with Crippen LogP contribution in [0.3, 0.4) is 0 Å². The predicted molar refractivity (Wildman–Crippen MR) is 35.3 cm³/mol. The van der Waals surface area contributed by atoms with Crippen LogP contribution >= 0.6 is 10.8 Å². The van der Waals surface area contributed by atoms with Crippen molar-refractivity contribution in [2.24, 2.45) is 0 Å². The Morgan fingerprint density at radius 2 is 1.83 bits per heavy atom. The Balaban J connectivity index is 0. The van der Waals surface area contributed by atoms with E-state index in [0.29, 0.717) is 0 Å². The van der Waals surface area contributed by atoms with Gasteiger partial charge in [-0.2, -0.15) is 0 Å². The van der Waals surface area contributed by atoms with Crippen LogP contribution in [0.4, 0.5) is 0 Å². The van der Waals surface area contributed by atoms with Crippen LogP contribution in [-0.4, -0.2) is 18.4 Å². The summed E-state index contributed by atoms with van der Waals surface area (Å²) in [7, 11) is 1.90. The highest BCUT2D eigenvalue weighted by Crippen LogP contribution is 1.93. The second-order valence-electron chi connectivity index (χ2n) is 0.810. The van der Waals surface area contributed by atoms with Gasteiger partial charge >= 0.3 is 0 Å². The molecule has 0 rings (SSSR count). The van der Waals surface area contributed by atoms with E-state index in [-0.39, 0.29) is 33.5 Å². The molecule has 0 aliphatic rings. The summed E-state index contributed by atoms with van der Waals surface area (Å²) < 4.78 is 0. The number of hydrogen-bond acceptors (Lipinski definition) is 1. The second kappa shape index (κ2) is 6.30. The minimum Gasteiger partial charge on any atom is -1.00 e. The zero-order valence-corrected chi connectivity index (χ0v) is 7.81. The Morgan fingerprint density at radius 3 is 1.83 bits per heavy atom. The molecule has 0 radical (unpaired) electrons. The van der Waals surface area contributed by atoms with Gasteiger partial charge in [0, 0.05) is 17.0 Å². The molecule has 0 aliphatic heterocycles. The summed E-state index contributed by atoms with van der Waals surface area (Å²) in [6.07, 6.45) is 4.22. The Labute approximate surface area is 62.4 Å². The summed E-state index contributed by atoms with van der Waals surface area (Å²) in [4.78, 5) is 0. The lowest BCUT2D eigenvalue weighted by Crippen LogP contribution is -3.00. The molecule has 0 aromatic rings. The minimum atomic E-state index is 0. The monoisotopic (exact) mass is 236 g/mol. The topological polar surface area (TPSA) is 0 Å². The van der Waals surface area contributed by atoms with Gasteiger partial charge in [-0.1, -0.05) is 9.52 Å². The highest BCUT2D eigenvalue weighted by Gasteiger charge is 1.73. The van der Waals surface area contributed by atoms with E-state index in [0.717, 1.165) is 0 Å². The summed E-state index contributed by atoms with van der Waals surface area (Å²) in [6.45, 7) is 0. The third kappa shape index (κ3) is 9.00. The standard InChI is InChI=1S/C3H8S2.HI/c1-4-5(2)3;/h2H2,1,3H3;1H. The Kier molecular flexibility index (Phi) is 10.8. The lowest BCUT2D eigenvalue weighted by atomic mass is 11.9. The zero-order chi connectivity index (χ0) is 4.28. The summed E-state index contributed by atoms with van der Waals surface area (Å²) >= 11 is 0. The average molecular weight is 236 g/mol. The van der Waals surface area contributed by atoms with Gasteiger partial charge in [0.05, 0.1) is 12.1 Å². The van der Waals surface area contributed by atoms with Crippen molar-refractivity contribution in [1.82, 2.24) is 0 Å². The highest BCUT2D eigenvalue weighted by atomic mass is 127. The van der Waals surface area contributed by atoms with E-state index < -0.39 is 0 Å². The molecule has 0 spiro atoms. The number of thiol groups is 1. The van der Waals surface area contributed by atoms with Crippen molar-refractivity contribution in [2.75, 3.05) is 12.5 Å². The molecule has 0 nitrogen and oxygen atoms in total. The summed E-state index contributed by atoms with van der Waals surface area (Å²) in [6, 6.07) is 0. The van der Waals surface area contributed by atoms with E-state index in [1.54, 1.807) is 0 Å². The van der Waals surface area contributed by atoms with Gasteiger partial charge < -0.3 is 24.0 Å². The highest BCUT2D eigenvalue weighted by molar-refractivity contribution is 8.71. The second-order valence-corrected chi connectivity index (χ2v) is 5.40. The van der Waals surface area contributed by atoms with Gasteiger partial charge in [-0.15, -0.1) is 0 Å². The van der Waals surface area contributed by atoms with Crippen molar-refractivity contribution >= 4 is 26.2 Å². The lowest BCUT2D eigenvalue weighted by Gasteiger charge is -1.74. The molecule has 0 aliphatic carbocycles. The Bertz CT molecular complexity index is 44.1. The zero-order valence-electron chi connectivity index (χ0n) is 3.94. The first kappa shape index (κ1) is 10.3. The van der Waals surface area contributed by atoms with Crippen LogP contribution in [0, 0.1) is 0 Å². The van der Waals surface area contributed by atoms with Crippen LogP contribution in [-0.2, 0) is 9.52 Å². The largest absolute Gasteiger partial charge is 1.00 e. The molecule has 0 saturated carbocycles. The molecule has 0 amide bonds. The molecule has 6 heavy (non-hydrogen) atoms. The van der Waals surface area contributed by atoms with E-state index in [1.165, 1.54) is 0 Å². The van der Waals surface area contributed by atoms with Crippen LogP contribution in [0.25, 0.3) is 0 Å². The van der Waals surface area contributed by atoms with E-state index in [1.807, 2.05) is 10.8 Å². The predicted octanol–water partition coefficient (Wildman–Crippen LogP) is -2.32. The van der Waals surface area contributed by atoms with Crippen LogP contribution in [0.2, 0.25) is 0 Å². The maximum absolute atomic E-state index is 3.78. The number of halogens is 1. The third-order valence-corrected chi connectivity index (χ3v) is 2.81. The quantitative estimate of drug-likeness (QED) is 0.162. The average Bonchev–Trinajstić information content (AvgIpc) is 1.38. The summed E-state index contributed by atoms with van der Waals surface area (Å²) in [5.74, 6) is 3.78. The maximum atomic E-state index is 3.78. The summed E-state index contributed by atoms with van der Waals surface area (Å²) in [5.41, 5.74) is 0. The molecule has 0 aromatic heterocycles. The fourth-order valence-electron chi connectivity index (χ4n) is 0. The molecule has 3 heteroatoms. The van der Waals surface area contributed by atoms with Crippen LogP contribution in [0.15, 0.2) is 0 Å². The molecular formula is C3H9IS2. The molecular weight excluding hydrogens is 227 g/mol. The molecule has 0 saturated heterocycles. The molecule has 0 N–H and O–H groups in total. The molecule has 1 atom stereocenters. The van der Waals surface area contributed by atoms with Crippen molar-refractivity contribution in [3.63, 3.8) is 0 Å². The molecule has 0 bridgehead atoms. The van der Waals surface area contributed by atoms with E-state index >= 15 is 0 Å². The van der Waals surface area contributed by atoms with Gasteiger partial charge in [0.25, 0.3) is 0 Å². The van der Waals surface area contributed by atoms with E-state index in [4.69, 9.17) is 0 Å². The SMILES string of the molecule is C=[SH+](C)SC.[I-]. The van der Waals surface area contributed by atoms with Gasteiger partial charge in [-0.3, -0.25) is 0 Å². The van der Waals surface area contributed by atoms with Crippen LogP contribution < -0.4 is 24.0 Å². The van der Waals surface area contributed by atoms with E-state index in [9.17, 15) is 0 Å². The Morgan fingerprint density at radius 1 is 1.67 bits per heavy atom. The van der Waals surface area contributed by atoms with Crippen molar-refractivity contribution < 1.29 is 24.0 Å². The van der Waals surface area contributed by atoms with Gasteiger partial charge in [0.2, 0.25) is 0 Å². The first-order chi connectivity index (χ1) is 2.27. The third-order valence-electron chi connectivity index (χ3n) is 0.312. The maximum Gasteiger partial charge on any atom is 0.0724 e. The fraction of sp³-hybridized carbons (Fsp3) is 0.667. The smallest absolute Gasteiger partial charge is 0.0724 e. The van der Waals surface area contributed by atoms with Crippen molar-refractivity contribution in [3.05, 3.63) is 0 Å². The molecule has 40 valence electrons. The van der Waals surface area contributed by atoms with Gasteiger partial charge in [-0.25, -0.2) is 0 Å². The number of hydrogen-bond donors (Lipinski definition) is 0. The van der Waals surface area contributed by atoms with Gasteiger partial charge in [0.15, 0.2) is 0 Å². The van der Waals surface area contributed by atoms with Crippen molar-refractivity contribution in [3.8, 4) is 0 Å². The van der Waals surface area contributed by atoms with Crippen molar-refractivity contribution in [1.29, 1.82) is 0 Å². The van der Waals surface area contributed by atoms with Gasteiger partial charge in [-0.05, 0) is 0 Å². The number of rotatable bonds is 1. The molecule has 0 heterocycles. The fourth-order valence-corrected chi connectivity index (χ4v) is 0.